The second kappa shape index (κ2) is 11.5. The van der Waals surface area contributed by atoms with Crippen LogP contribution in [0.15, 0.2) is 78.9 Å². The second-order valence-corrected chi connectivity index (χ2v) is 8.40. The molecule has 1 aliphatic heterocycles. The molecule has 1 saturated heterocycles. The molecule has 3 aromatic rings. The molecule has 8 heteroatoms. The monoisotopic (exact) mass is 474 g/mol. The number of anilines is 2. The number of benzene rings is 3. The molecule has 0 unspecified atom stereocenters. The molecule has 7 nitrogen and oxygen atoms in total. The molecule has 0 bridgehead atoms. The van der Waals surface area contributed by atoms with E-state index in [0.717, 1.165) is 0 Å². The van der Waals surface area contributed by atoms with Crippen molar-refractivity contribution >= 4 is 29.0 Å². The van der Waals surface area contributed by atoms with E-state index in [9.17, 15) is 18.8 Å². The first-order chi connectivity index (χ1) is 17.0. The van der Waals surface area contributed by atoms with Gasteiger partial charge in [-0.15, -0.1) is 0 Å². The SMILES string of the molecule is O=C(CN1CCN(CC(=O)Nc2ccccc2C(=O)c2ccccc2)CC1)Nc1ccc(F)cc1. The van der Waals surface area contributed by atoms with Crippen LogP contribution < -0.4 is 10.6 Å². The van der Waals surface area contributed by atoms with Crippen LogP contribution in [0.3, 0.4) is 0 Å². The number of hydrogen-bond acceptors (Lipinski definition) is 5. The molecule has 1 aliphatic rings. The summed E-state index contributed by atoms with van der Waals surface area (Å²) in [6.45, 7) is 3.00. The van der Waals surface area contributed by atoms with Crippen molar-refractivity contribution in [3.05, 3.63) is 95.8 Å². The molecule has 2 N–H and O–H groups in total. The van der Waals surface area contributed by atoms with Gasteiger partial charge in [0, 0.05) is 43.0 Å². The van der Waals surface area contributed by atoms with Crippen molar-refractivity contribution in [1.29, 1.82) is 0 Å². The van der Waals surface area contributed by atoms with Crippen LogP contribution in [0, 0.1) is 5.82 Å². The van der Waals surface area contributed by atoms with Gasteiger partial charge >= 0.3 is 0 Å². The predicted octanol–water partition coefficient (Wildman–Crippen LogP) is 3.25. The third kappa shape index (κ3) is 6.81. The fraction of sp³-hybridized carbons (Fsp3) is 0.222. The van der Waals surface area contributed by atoms with Gasteiger partial charge in [0.1, 0.15) is 5.82 Å². The van der Waals surface area contributed by atoms with Gasteiger partial charge in [-0.25, -0.2) is 4.39 Å². The summed E-state index contributed by atoms with van der Waals surface area (Å²) in [5.41, 5.74) is 2.05. The van der Waals surface area contributed by atoms with Crippen molar-refractivity contribution in [2.75, 3.05) is 49.9 Å². The fourth-order valence-electron chi connectivity index (χ4n) is 3.97. The van der Waals surface area contributed by atoms with E-state index in [1.54, 1.807) is 48.5 Å². The highest BCUT2D eigenvalue weighted by atomic mass is 19.1. The van der Waals surface area contributed by atoms with Crippen LogP contribution >= 0.6 is 0 Å². The number of amides is 2. The summed E-state index contributed by atoms with van der Waals surface area (Å²) < 4.78 is 13.0. The summed E-state index contributed by atoms with van der Waals surface area (Å²) in [6, 6.07) is 21.6. The highest BCUT2D eigenvalue weighted by Crippen LogP contribution is 2.19. The van der Waals surface area contributed by atoms with Gasteiger partial charge in [0.05, 0.1) is 18.8 Å². The van der Waals surface area contributed by atoms with Crippen LogP contribution in [0.4, 0.5) is 15.8 Å². The first kappa shape index (κ1) is 24.3. The summed E-state index contributed by atoms with van der Waals surface area (Å²) in [5, 5.41) is 5.64. The Hall–Kier alpha value is -3.88. The van der Waals surface area contributed by atoms with E-state index in [0.29, 0.717) is 48.7 Å². The van der Waals surface area contributed by atoms with E-state index in [-0.39, 0.29) is 36.5 Å². The molecule has 2 amide bonds. The highest BCUT2D eigenvalue weighted by Gasteiger charge is 2.21. The third-order valence-corrected chi connectivity index (χ3v) is 5.81. The first-order valence-electron chi connectivity index (χ1n) is 11.5. The minimum atomic E-state index is -0.352. The number of rotatable bonds is 8. The maximum Gasteiger partial charge on any atom is 0.238 e. The molecule has 0 saturated carbocycles. The standard InChI is InChI=1S/C27H27FN4O3/c28-21-10-12-22(13-11-21)29-25(33)18-31-14-16-32(17-15-31)19-26(34)30-24-9-5-4-8-23(24)27(35)20-6-2-1-3-7-20/h1-13H,14-19H2,(H,29,33)(H,30,34). The van der Waals surface area contributed by atoms with E-state index in [4.69, 9.17) is 0 Å². The van der Waals surface area contributed by atoms with Crippen molar-refractivity contribution < 1.29 is 18.8 Å². The molecule has 1 heterocycles. The average Bonchev–Trinajstić information content (AvgIpc) is 2.87. The van der Waals surface area contributed by atoms with Gasteiger partial charge < -0.3 is 10.6 Å². The van der Waals surface area contributed by atoms with Crippen LogP contribution in [-0.2, 0) is 9.59 Å². The van der Waals surface area contributed by atoms with Gasteiger partial charge in [-0.2, -0.15) is 0 Å². The number of carbonyl (C=O) groups is 3. The Labute approximate surface area is 203 Å². The molecule has 4 rings (SSSR count). The summed E-state index contributed by atoms with van der Waals surface area (Å²) in [4.78, 5) is 41.9. The highest BCUT2D eigenvalue weighted by molar-refractivity contribution is 6.13. The Balaban J connectivity index is 1.25. The van der Waals surface area contributed by atoms with Gasteiger partial charge in [0.2, 0.25) is 11.8 Å². The number of carbonyl (C=O) groups excluding carboxylic acids is 3. The van der Waals surface area contributed by atoms with E-state index in [2.05, 4.69) is 10.6 Å². The molecule has 0 spiro atoms. The zero-order valence-corrected chi connectivity index (χ0v) is 19.2. The molecule has 3 aromatic carbocycles. The summed E-state index contributed by atoms with van der Waals surface area (Å²) in [7, 11) is 0. The fourth-order valence-corrected chi connectivity index (χ4v) is 3.97. The van der Waals surface area contributed by atoms with Gasteiger partial charge in [-0.05, 0) is 36.4 Å². The summed E-state index contributed by atoms with van der Waals surface area (Å²) in [5.74, 6) is -0.855. The lowest BCUT2D eigenvalue weighted by Gasteiger charge is -2.33. The molecule has 1 fully saturated rings. The minimum Gasteiger partial charge on any atom is -0.325 e. The van der Waals surface area contributed by atoms with Crippen molar-refractivity contribution in [3.63, 3.8) is 0 Å². The lowest BCUT2D eigenvalue weighted by atomic mass is 10.0. The number of ketones is 1. The summed E-state index contributed by atoms with van der Waals surface area (Å²) in [6.07, 6.45) is 0. The normalized spacial score (nSPS) is 14.3. The van der Waals surface area contributed by atoms with Crippen LogP contribution in [0.1, 0.15) is 15.9 Å². The first-order valence-corrected chi connectivity index (χ1v) is 11.5. The van der Waals surface area contributed by atoms with E-state index in [1.165, 1.54) is 24.3 Å². The van der Waals surface area contributed by atoms with Gasteiger partial charge in [-0.1, -0.05) is 42.5 Å². The van der Waals surface area contributed by atoms with Crippen LogP contribution in [0.5, 0.6) is 0 Å². The Morgan fingerprint density at radius 3 is 1.86 bits per heavy atom. The smallest absolute Gasteiger partial charge is 0.238 e. The lowest BCUT2D eigenvalue weighted by Crippen LogP contribution is -2.50. The van der Waals surface area contributed by atoms with Gasteiger partial charge in [0.15, 0.2) is 5.78 Å². The molecular weight excluding hydrogens is 447 g/mol. The van der Waals surface area contributed by atoms with Crippen molar-refractivity contribution in [2.24, 2.45) is 0 Å². The molecule has 180 valence electrons. The molecule has 0 aromatic heterocycles. The van der Waals surface area contributed by atoms with E-state index >= 15 is 0 Å². The minimum absolute atomic E-state index is 0.144. The van der Waals surface area contributed by atoms with Crippen LogP contribution in [-0.4, -0.2) is 66.7 Å². The topological polar surface area (TPSA) is 81.8 Å². The van der Waals surface area contributed by atoms with Crippen molar-refractivity contribution in [3.8, 4) is 0 Å². The molecule has 0 radical (unpaired) electrons. The molecule has 0 atom stereocenters. The molecular formula is C27H27FN4O3. The molecule has 35 heavy (non-hydrogen) atoms. The predicted molar refractivity (Wildman–Crippen MR) is 133 cm³/mol. The number of piperazine rings is 1. The number of hydrogen-bond donors (Lipinski definition) is 2. The van der Waals surface area contributed by atoms with Crippen molar-refractivity contribution in [1.82, 2.24) is 9.80 Å². The third-order valence-electron chi connectivity index (χ3n) is 5.81. The van der Waals surface area contributed by atoms with Crippen molar-refractivity contribution in [2.45, 2.75) is 0 Å². The lowest BCUT2D eigenvalue weighted by molar-refractivity contribution is -0.120. The Bertz CT molecular complexity index is 1180. The Morgan fingerprint density at radius 2 is 1.23 bits per heavy atom. The van der Waals surface area contributed by atoms with Crippen LogP contribution in [0.2, 0.25) is 0 Å². The van der Waals surface area contributed by atoms with Gasteiger partial charge in [0.25, 0.3) is 0 Å². The quantitative estimate of drug-likeness (QED) is 0.490. The number of halogens is 1. The van der Waals surface area contributed by atoms with E-state index in [1.807, 2.05) is 15.9 Å². The zero-order chi connectivity index (χ0) is 24.6. The Morgan fingerprint density at radius 1 is 0.686 bits per heavy atom. The zero-order valence-electron chi connectivity index (χ0n) is 19.2. The van der Waals surface area contributed by atoms with E-state index < -0.39 is 0 Å². The summed E-state index contributed by atoms with van der Waals surface area (Å²) >= 11 is 0. The van der Waals surface area contributed by atoms with Crippen LogP contribution in [0.25, 0.3) is 0 Å². The Kier molecular flexibility index (Phi) is 7.97. The number of nitrogens with one attached hydrogen (secondary N) is 2. The maximum atomic E-state index is 13.0. The number of para-hydroxylation sites is 1. The maximum absolute atomic E-state index is 13.0. The van der Waals surface area contributed by atoms with Gasteiger partial charge in [-0.3, -0.25) is 24.2 Å². The average molecular weight is 475 g/mol. The second-order valence-electron chi connectivity index (χ2n) is 8.40. The molecule has 0 aliphatic carbocycles. The number of nitrogens with zero attached hydrogens (tertiary/aromatic N) is 2. The largest absolute Gasteiger partial charge is 0.325 e.